The van der Waals surface area contributed by atoms with Crippen molar-refractivity contribution in [1.82, 2.24) is 4.57 Å². The van der Waals surface area contributed by atoms with Gasteiger partial charge in [-0.15, -0.1) is 0 Å². The molecule has 46 heavy (non-hydrogen) atoms. The van der Waals surface area contributed by atoms with Crippen molar-refractivity contribution in [2.45, 2.75) is 26.5 Å². The third-order valence-corrected chi connectivity index (χ3v) is 8.25. The molecule has 12 nitrogen and oxygen atoms in total. The highest BCUT2D eigenvalue weighted by Gasteiger charge is 2.34. The number of hydrogen-bond acceptors (Lipinski definition) is 11. The zero-order valence-electron chi connectivity index (χ0n) is 25.8. The van der Waals surface area contributed by atoms with Crippen LogP contribution in [0.5, 0.6) is 23.0 Å². The molecule has 0 unspecified atom stereocenters. The minimum Gasteiger partial charge on any atom is -0.493 e. The lowest BCUT2D eigenvalue weighted by Gasteiger charge is -2.25. The third-order valence-electron chi connectivity index (χ3n) is 7.27. The Labute approximate surface area is 267 Å². The van der Waals surface area contributed by atoms with Crippen LogP contribution in [0.15, 0.2) is 81.7 Å². The molecule has 3 aromatic carbocycles. The number of aromatic nitrogens is 1. The van der Waals surface area contributed by atoms with Crippen molar-refractivity contribution < 1.29 is 33.4 Å². The van der Waals surface area contributed by atoms with E-state index in [-0.39, 0.29) is 30.0 Å². The average Bonchev–Trinajstić information content (AvgIpc) is 3.36. The first kappa shape index (κ1) is 32.0. The highest BCUT2D eigenvalue weighted by molar-refractivity contribution is 7.07. The van der Waals surface area contributed by atoms with E-state index in [1.807, 2.05) is 0 Å². The Hall–Kier alpha value is -5.43. The summed E-state index contributed by atoms with van der Waals surface area (Å²) < 4.78 is 29.6. The smallest absolute Gasteiger partial charge is 0.338 e. The molecule has 0 radical (unpaired) electrons. The second kappa shape index (κ2) is 13.7. The van der Waals surface area contributed by atoms with Crippen molar-refractivity contribution in [3.63, 3.8) is 0 Å². The average molecular weight is 646 g/mol. The number of ether oxygens (including phenoxy) is 5. The van der Waals surface area contributed by atoms with Gasteiger partial charge in [0, 0.05) is 12.1 Å². The monoisotopic (exact) mass is 645 g/mol. The van der Waals surface area contributed by atoms with Crippen molar-refractivity contribution in [3.05, 3.63) is 118 Å². The van der Waals surface area contributed by atoms with Crippen LogP contribution in [0.4, 0.5) is 5.69 Å². The molecule has 1 aliphatic rings. The van der Waals surface area contributed by atoms with E-state index >= 15 is 0 Å². The molecule has 1 atom stereocenters. The molecular weight excluding hydrogens is 614 g/mol. The molecule has 4 aromatic rings. The highest BCUT2D eigenvalue weighted by atomic mass is 32.1. The molecule has 0 aliphatic carbocycles. The summed E-state index contributed by atoms with van der Waals surface area (Å²) >= 11 is 1.20. The van der Waals surface area contributed by atoms with Crippen LogP contribution in [0.3, 0.4) is 0 Å². The maximum Gasteiger partial charge on any atom is 0.338 e. The molecule has 238 valence electrons. The van der Waals surface area contributed by atoms with Gasteiger partial charge in [0.1, 0.15) is 6.61 Å². The number of rotatable bonds is 11. The summed E-state index contributed by atoms with van der Waals surface area (Å²) in [7, 11) is 4.55. The lowest BCUT2D eigenvalue weighted by Crippen LogP contribution is -2.39. The van der Waals surface area contributed by atoms with E-state index in [9.17, 15) is 19.7 Å². The first-order valence-corrected chi connectivity index (χ1v) is 15.0. The van der Waals surface area contributed by atoms with Crippen LogP contribution in [0.25, 0.3) is 6.08 Å². The van der Waals surface area contributed by atoms with E-state index in [1.165, 1.54) is 49.4 Å². The van der Waals surface area contributed by atoms with Crippen LogP contribution in [-0.2, 0) is 16.1 Å². The Morgan fingerprint density at radius 2 is 1.65 bits per heavy atom. The predicted octanol–water partition coefficient (Wildman–Crippen LogP) is 4.31. The van der Waals surface area contributed by atoms with Crippen molar-refractivity contribution in [2.75, 3.05) is 27.9 Å². The molecule has 1 aliphatic heterocycles. The zero-order valence-corrected chi connectivity index (χ0v) is 26.6. The van der Waals surface area contributed by atoms with Crippen molar-refractivity contribution in [2.24, 2.45) is 4.99 Å². The maximum absolute atomic E-state index is 14.0. The van der Waals surface area contributed by atoms with Gasteiger partial charge in [-0.1, -0.05) is 23.5 Å². The number of methoxy groups -OCH3 is 3. The number of benzene rings is 3. The normalized spacial score (nSPS) is 14.3. The van der Waals surface area contributed by atoms with Gasteiger partial charge in [-0.3, -0.25) is 19.5 Å². The number of nitro benzene ring substituents is 1. The molecule has 0 saturated carbocycles. The minimum atomic E-state index is -0.818. The molecule has 0 bridgehead atoms. The van der Waals surface area contributed by atoms with Gasteiger partial charge < -0.3 is 23.7 Å². The first-order chi connectivity index (χ1) is 22.2. The fourth-order valence-electron chi connectivity index (χ4n) is 5.05. The van der Waals surface area contributed by atoms with Crippen LogP contribution >= 0.6 is 11.3 Å². The standard InChI is InChI=1S/C33H31N3O9S/c1-6-44-32(38)29-19(2)34-33-35(30(29)22-10-14-24(41-3)27(17-22)43-5)31(37)28(46-33)16-21-9-13-25(26(15-21)42-4)45-18-20-7-11-23(12-8-20)36(39)40/h7-17,30H,6,18H2,1-5H3/b28-16-/t30-/m1/s1. The van der Waals surface area contributed by atoms with Crippen LogP contribution in [0.1, 0.15) is 36.6 Å². The summed E-state index contributed by atoms with van der Waals surface area (Å²) in [6.45, 7) is 3.77. The summed E-state index contributed by atoms with van der Waals surface area (Å²) in [5, 5.41) is 10.9. The van der Waals surface area contributed by atoms with Gasteiger partial charge in [-0.2, -0.15) is 0 Å². The van der Waals surface area contributed by atoms with E-state index in [1.54, 1.807) is 68.5 Å². The second-order valence-corrected chi connectivity index (χ2v) is 11.0. The van der Waals surface area contributed by atoms with Crippen molar-refractivity contribution >= 4 is 29.1 Å². The fourth-order valence-corrected chi connectivity index (χ4v) is 6.10. The Balaban J connectivity index is 1.53. The molecule has 0 N–H and O–H groups in total. The number of fused-ring (bicyclic) bond motifs is 1. The molecule has 0 saturated heterocycles. The fraction of sp³-hybridized carbons (Fsp3) is 0.242. The summed E-state index contributed by atoms with van der Waals surface area (Å²) in [5.74, 6) is 1.29. The quantitative estimate of drug-likeness (QED) is 0.133. The molecule has 0 fully saturated rings. The molecule has 0 amide bonds. The minimum absolute atomic E-state index is 0.00159. The lowest BCUT2D eigenvalue weighted by atomic mass is 9.95. The van der Waals surface area contributed by atoms with Gasteiger partial charge in [-0.25, -0.2) is 9.79 Å². The second-order valence-electron chi connectivity index (χ2n) is 10.0. The number of hydrogen-bond donors (Lipinski definition) is 0. The molecule has 2 heterocycles. The molecule has 1 aromatic heterocycles. The van der Waals surface area contributed by atoms with Crippen molar-refractivity contribution in [3.8, 4) is 23.0 Å². The Kier molecular flexibility index (Phi) is 9.52. The van der Waals surface area contributed by atoms with Crippen LogP contribution in [0.2, 0.25) is 0 Å². The highest BCUT2D eigenvalue weighted by Crippen LogP contribution is 2.36. The van der Waals surface area contributed by atoms with Gasteiger partial charge in [0.05, 0.1) is 54.7 Å². The Morgan fingerprint density at radius 3 is 2.30 bits per heavy atom. The van der Waals surface area contributed by atoms with E-state index in [0.717, 1.165) is 5.56 Å². The zero-order chi connectivity index (χ0) is 33.0. The Bertz CT molecular complexity index is 2010. The number of allylic oxidation sites excluding steroid dienone is 1. The summed E-state index contributed by atoms with van der Waals surface area (Å²) in [6, 6.07) is 15.8. The number of esters is 1. The molecular formula is C33H31N3O9S. The van der Waals surface area contributed by atoms with Crippen LogP contribution in [-0.4, -0.2) is 43.4 Å². The maximum atomic E-state index is 14.0. The third kappa shape index (κ3) is 6.35. The van der Waals surface area contributed by atoms with E-state index in [4.69, 9.17) is 23.7 Å². The number of nitrogens with zero attached hydrogens (tertiary/aromatic N) is 3. The molecule has 0 spiro atoms. The topological polar surface area (TPSA) is 141 Å². The number of carbonyl (C=O) groups is 1. The molecule has 13 heteroatoms. The number of thiazole rings is 1. The van der Waals surface area contributed by atoms with Gasteiger partial charge in [0.15, 0.2) is 27.8 Å². The molecule has 5 rings (SSSR count). The van der Waals surface area contributed by atoms with E-state index < -0.39 is 16.9 Å². The largest absolute Gasteiger partial charge is 0.493 e. The van der Waals surface area contributed by atoms with Gasteiger partial charge in [0.25, 0.3) is 11.2 Å². The number of non-ortho nitro benzene ring substituents is 1. The summed E-state index contributed by atoms with van der Waals surface area (Å²) in [5.41, 5.74) is 2.41. The summed E-state index contributed by atoms with van der Waals surface area (Å²) in [4.78, 5) is 42.7. The SMILES string of the molecule is CCOC(=O)C1=C(C)N=c2s/c(=C\c3ccc(OCc4ccc([N+](=O)[O-])cc4)c(OC)c3)c(=O)n2[C@@H]1c1ccc(OC)c(OC)c1. The van der Waals surface area contributed by atoms with E-state index in [0.29, 0.717) is 49.2 Å². The first-order valence-electron chi connectivity index (χ1n) is 14.1. The van der Waals surface area contributed by atoms with E-state index in [2.05, 4.69) is 4.99 Å². The summed E-state index contributed by atoms with van der Waals surface area (Å²) in [6.07, 6.45) is 1.72. The lowest BCUT2D eigenvalue weighted by molar-refractivity contribution is -0.384. The number of carbonyl (C=O) groups excluding carboxylic acids is 1. The van der Waals surface area contributed by atoms with Gasteiger partial charge in [-0.05, 0) is 73.0 Å². The van der Waals surface area contributed by atoms with Crippen LogP contribution < -0.4 is 33.8 Å². The van der Waals surface area contributed by atoms with Gasteiger partial charge >= 0.3 is 5.97 Å². The van der Waals surface area contributed by atoms with Crippen LogP contribution in [0, 0.1) is 10.1 Å². The van der Waals surface area contributed by atoms with Crippen molar-refractivity contribution in [1.29, 1.82) is 0 Å². The van der Waals surface area contributed by atoms with Gasteiger partial charge in [0.2, 0.25) is 0 Å². The number of nitro groups is 1. The Morgan fingerprint density at radius 1 is 0.978 bits per heavy atom. The predicted molar refractivity (Wildman–Crippen MR) is 170 cm³/mol.